The van der Waals surface area contributed by atoms with Gasteiger partial charge in [0.05, 0.1) is 10.7 Å². The average molecular weight is 402 g/mol. The van der Waals surface area contributed by atoms with Crippen LogP contribution in [0, 0.1) is 5.92 Å². The molecule has 0 spiro atoms. The zero-order valence-electron chi connectivity index (χ0n) is 13.3. The lowest BCUT2D eigenvalue weighted by atomic mass is 10.1. The molecular weight excluding hydrogens is 380 g/mol. The summed E-state index contributed by atoms with van der Waals surface area (Å²) in [5, 5.41) is 10.2. The minimum atomic E-state index is -0.0528. The minimum Gasteiger partial charge on any atom is -0.326 e. The third kappa shape index (κ3) is 6.33. The third-order valence-electron chi connectivity index (χ3n) is 3.41. The van der Waals surface area contributed by atoms with Gasteiger partial charge in [-0.05, 0) is 47.1 Å². The van der Waals surface area contributed by atoms with Crippen molar-refractivity contribution in [3.8, 4) is 0 Å². The number of nitrogens with zero attached hydrogens (tertiary/aromatic N) is 2. The van der Waals surface area contributed by atoms with Crippen LogP contribution in [-0.4, -0.2) is 29.3 Å². The van der Waals surface area contributed by atoms with Crippen molar-refractivity contribution in [1.82, 2.24) is 15.1 Å². The maximum absolute atomic E-state index is 11.9. The number of hydrogen-bond acceptors (Lipinski definition) is 3. The molecule has 7 heteroatoms. The molecule has 0 radical (unpaired) electrons. The number of aryl methyl sites for hydroxylation is 2. The molecule has 1 amide bonds. The Kier molecular flexibility index (Phi) is 8.30. The van der Waals surface area contributed by atoms with Gasteiger partial charge in [0.2, 0.25) is 5.91 Å². The number of amides is 1. The number of aromatic nitrogens is 2. The molecule has 1 unspecified atom stereocenters. The van der Waals surface area contributed by atoms with E-state index in [1.807, 2.05) is 49.1 Å². The van der Waals surface area contributed by atoms with E-state index in [1.54, 1.807) is 6.20 Å². The zero-order chi connectivity index (χ0) is 15.9. The summed E-state index contributed by atoms with van der Waals surface area (Å²) in [4.78, 5) is 11.9. The average Bonchev–Trinajstić information content (AvgIpc) is 2.92. The first-order valence-electron chi connectivity index (χ1n) is 7.31. The highest BCUT2D eigenvalue weighted by Crippen LogP contribution is 2.13. The number of benzene rings is 1. The van der Waals surface area contributed by atoms with Crippen LogP contribution in [0.2, 0.25) is 0 Å². The molecule has 0 fully saturated rings. The van der Waals surface area contributed by atoms with Crippen LogP contribution < -0.4 is 10.6 Å². The number of hydrogen-bond donors (Lipinski definition) is 2. The molecule has 2 rings (SSSR count). The van der Waals surface area contributed by atoms with Crippen LogP contribution >= 0.6 is 28.3 Å². The molecule has 5 nitrogen and oxygen atoms in total. The van der Waals surface area contributed by atoms with E-state index in [0.29, 0.717) is 6.54 Å². The van der Waals surface area contributed by atoms with Crippen molar-refractivity contribution in [1.29, 1.82) is 0 Å². The van der Waals surface area contributed by atoms with Crippen molar-refractivity contribution in [2.45, 2.75) is 19.9 Å². The Morgan fingerprint density at radius 1 is 1.35 bits per heavy atom. The third-order valence-corrected chi connectivity index (χ3v) is 3.82. The van der Waals surface area contributed by atoms with Gasteiger partial charge in [-0.1, -0.05) is 19.1 Å². The van der Waals surface area contributed by atoms with Gasteiger partial charge in [0, 0.05) is 30.9 Å². The highest BCUT2D eigenvalue weighted by Gasteiger charge is 2.11. The summed E-state index contributed by atoms with van der Waals surface area (Å²) in [6, 6.07) is 7.96. The Bertz CT molecular complexity index is 615. The van der Waals surface area contributed by atoms with Gasteiger partial charge in [-0.15, -0.1) is 12.4 Å². The van der Waals surface area contributed by atoms with Crippen molar-refractivity contribution >= 4 is 39.9 Å². The summed E-state index contributed by atoms with van der Waals surface area (Å²) in [6.45, 7) is 3.41. The van der Waals surface area contributed by atoms with Crippen molar-refractivity contribution in [3.63, 3.8) is 0 Å². The molecule has 0 aliphatic carbocycles. The fourth-order valence-electron chi connectivity index (χ4n) is 2.12. The summed E-state index contributed by atoms with van der Waals surface area (Å²) >= 11 is 3.39. The van der Waals surface area contributed by atoms with Crippen molar-refractivity contribution < 1.29 is 4.79 Å². The summed E-state index contributed by atoms with van der Waals surface area (Å²) in [6.07, 6.45) is 4.64. The van der Waals surface area contributed by atoms with Gasteiger partial charge < -0.3 is 10.6 Å². The van der Waals surface area contributed by atoms with E-state index in [1.165, 1.54) is 5.56 Å². The molecule has 0 saturated carbocycles. The van der Waals surface area contributed by atoms with E-state index < -0.39 is 0 Å². The smallest absolute Gasteiger partial charge is 0.228 e. The lowest BCUT2D eigenvalue weighted by Gasteiger charge is -2.12. The van der Waals surface area contributed by atoms with Crippen LogP contribution in [0.15, 0.2) is 41.1 Å². The van der Waals surface area contributed by atoms with Gasteiger partial charge in [-0.25, -0.2) is 0 Å². The molecule has 2 N–H and O–H groups in total. The number of rotatable bonds is 7. The molecule has 0 saturated heterocycles. The molecule has 126 valence electrons. The summed E-state index contributed by atoms with van der Waals surface area (Å²) in [7, 11) is 1.84. The van der Waals surface area contributed by atoms with E-state index in [0.717, 1.165) is 23.1 Å². The predicted octanol–water partition coefficient (Wildman–Crippen LogP) is 3.10. The molecule has 1 aromatic heterocycles. The number of nitrogens with one attached hydrogen (secondary N) is 2. The normalized spacial score (nSPS) is 11.6. The zero-order valence-corrected chi connectivity index (χ0v) is 15.7. The van der Waals surface area contributed by atoms with Crippen molar-refractivity contribution in [2.24, 2.45) is 5.92 Å². The van der Waals surface area contributed by atoms with Crippen LogP contribution in [0.4, 0.5) is 5.69 Å². The van der Waals surface area contributed by atoms with Gasteiger partial charge in [0.25, 0.3) is 0 Å². The fourth-order valence-corrected chi connectivity index (χ4v) is 2.45. The summed E-state index contributed by atoms with van der Waals surface area (Å²) in [5.74, 6) is -0.0218. The first-order valence-corrected chi connectivity index (χ1v) is 8.10. The Morgan fingerprint density at radius 2 is 2.04 bits per heavy atom. The van der Waals surface area contributed by atoms with E-state index in [2.05, 4.69) is 31.7 Å². The molecule has 1 heterocycles. The first kappa shape index (κ1) is 19.7. The monoisotopic (exact) mass is 400 g/mol. The lowest BCUT2D eigenvalue weighted by molar-refractivity contribution is -0.119. The number of carbonyl (C=O) groups excluding carboxylic acids is 1. The second kappa shape index (κ2) is 9.70. The molecule has 0 aliphatic rings. The molecule has 0 aliphatic heterocycles. The van der Waals surface area contributed by atoms with Crippen LogP contribution in [0.25, 0.3) is 0 Å². The highest BCUT2D eigenvalue weighted by molar-refractivity contribution is 9.10. The highest BCUT2D eigenvalue weighted by atomic mass is 79.9. The Morgan fingerprint density at radius 3 is 2.61 bits per heavy atom. The quantitative estimate of drug-likeness (QED) is 0.749. The van der Waals surface area contributed by atoms with Crippen LogP contribution in [-0.2, 0) is 17.8 Å². The second-order valence-electron chi connectivity index (χ2n) is 5.32. The van der Waals surface area contributed by atoms with Crippen LogP contribution in [0.5, 0.6) is 0 Å². The van der Waals surface area contributed by atoms with Gasteiger partial charge in [-0.3, -0.25) is 9.48 Å². The Hall–Kier alpha value is -1.37. The number of halogens is 2. The van der Waals surface area contributed by atoms with Crippen LogP contribution in [0.3, 0.4) is 0 Å². The maximum atomic E-state index is 11.9. The molecule has 1 aromatic carbocycles. The van der Waals surface area contributed by atoms with Gasteiger partial charge >= 0.3 is 0 Å². The SMILES string of the molecule is CNCC(C)C(=O)Nc1ccc(CCn2cc(Br)cn2)cc1.Cl. The minimum absolute atomic E-state index is 0. The van der Waals surface area contributed by atoms with E-state index in [4.69, 9.17) is 0 Å². The molecule has 23 heavy (non-hydrogen) atoms. The molecule has 0 bridgehead atoms. The van der Waals surface area contributed by atoms with E-state index >= 15 is 0 Å². The largest absolute Gasteiger partial charge is 0.326 e. The van der Waals surface area contributed by atoms with Crippen molar-refractivity contribution in [3.05, 3.63) is 46.7 Å². The summed E-state index contributed by atoms with van der Waals surface area (Å²) in [5.41, 5.74) is 2.05. The second-order valence-corrected chi connectivity index (χ2v) is 6.23. The van der Waals surface area contributed by atoms with Crippen LogP contribution in [0.1, 0.15) is 12.5 Å². The standard InChI is InChI=1S/C16H21BrN4O.ClH/c1-12(9-18-2)16(22)20-15-5-3-13(4-6-15)7-8-21-11-14(17)10-19-21;/h3-6,10-12,18H,7-9H2,1-2H3,(H,20,22);1H. The van der Waals surface area contributed by atoms with E-state index in [-0.39, 0.29) is 24.2 Å². The number of anilines is 1. The van der Waals surface area contributed by atoms with Gasteiger partial charge in [-0.2, -0.15) is 5.10 Å². The Labute approximate surface area is 151 Å². The van der Waals surface area contributed by atoms with Gasteiger partial charge in [0.1, 0.15) is 0 Å². The first-order chi connectivity index (χ1) is 10.6. The Balaban J connectivity index is 0.00000264. The topological polar surface area (TPSA) is 59.0 Å². The van der Waals surface area contributed by atoms with Gasteiger partial charge in [0.15, 0.2) is 0 Å². The van der Waals surface area contributed by atoms with Crippen molar-refractivity contribution in [2.75, 3.05) is 18.9 Å². The lowest BCUT2D eigenvalue weighted by Crippen LogP contribution is -2.28. The maximum Gasteiger partial charge on any atom is 0.228 e. The molecule has 2 aromatic rings. The fraction of sp³-hybridized carbons (Fsp3) is 0.375. The van der Waals surface area contributed by atoms with E-state index in [9.17, 15) is 4.79 Å². The summed E-state index contributed by atoms with van der Waals surface area (Å²) < 4.78 is 2.89. The molecular formula is C16H22BrClN4O. The molecule has 1 atom stereocenters. The predicted molar refractivity (Wildman–Crippen MR) is 99.0 cm³/mol. The number of carbonyl (C=O) groups is 1.